The van der Waals surface area contributed by atoms with E-state index in [-0.39, 0.29) is 17.4 Å². The third-order valence-corrected chi connectivity index (χ3v) is 7.20. The summed E-state index contributed by atoms with van der Waals surface area (Å²) in [5.74, 6) is 0.309. The van der Waals surface area contributed by atoms with E-state index in [1.54, 1.807) is 42.3 Å². The number of ether oxygens (including phenoxy) is 3. The second-order valence-corrected chi connectivity index (χ2v) is 9.44. The topological polar surface area (TPSA) is 88.5 Å². The molecule has 1 fully saturated rings. The van der Waals surface area contributed by atoms with E-state index in [1.165, 1.54) is 7.11 Å². The second-order valence-electron chi connectivity index (χ2n) is 9.44. The van der Waals surface area contributed by atoms with Crippen LogP contribution in [-0.4, -0.2) is 73.1 Å². The third-order valence-electron chi connectivity index (χ3n) is 7.20. The zero-order valence-electron chi connectivity index (χ0n) is 22.2. The van der Waals surface area contributed by atoms with Gasteiger partial charge in [0.25, 0.3) is 11.7 Å². The Morgan fingerprint density at radius 3 is 2.49 bits per heavy atom. The SMILES string of the molecule is CCN(CC)CCCN1C(=O)C(=O)/C(=C(/O)c2ccc3c(c2)C[C@H](C)O3)[C@@H]1c1ccc(OC)c(OC)c1. The van der Waals surface area contributed by atoms with Gasteiger partial charge in [0.05, 0.1) is 25.8 Å². The van der Waals surface area contributed by atoms with Crippen LogP contribution in [0.25, 0.3) is 5.76 Å². The Hall–Kier alpha value is -3.52. The molecule has 2 heterocycles. The molecular formula is C29H36N2O6. The van der Waals surface area contributed by atoms with Gasteiger partial charge < -0.3 is 29.1 Å². The van der Waals surface area contributed by atoms with E-state index in [0.29, 0.717) is 35.6 Å². The average Bonchev–Trinajstić information content (AvgIpc) is 3.41. The first-order chi connectivity index (χ1) is 17.8. The quantitative estimate of drug-likeness (QED) is 0.293. The molecule has 2 aliphatic heterocycles. The number of amides is 1. The van der Waals surface area contributed by atoms with Crippen molar-refractivity contribution in [2.24, 2.45) is 0 Å². The molecule has 2 aliphatic rings. The Morgan fingerprint density at radius 2 is 1.81 bits per heavy atom. The molecule has 0 saturated carbocycles. The Balaban J connectivity index is 1.78. The largest absolute Gasteiger partial charge is 0.507 e. The lowest BCUT2D eigenvalue weighted by Crippen LogP contribution is -2.33. The van der Waals surface area contributed by atoms with Gasteiger partial charge in [0.15, 0.2) is 11.5 Å². The molecule has 4 rings (SSSR count). The molecule has 8 nitrogen and oxygen atoms in total. The number of Topliss-reactive ketones (excluding diaryl/α,β-unsaturated/α-hetero) is 1. The number of carbonyl (C=O) groups excluding carboxylic acids is 2. The minimum absolute atomic E-state index is 0.0514. The lowest BCUT2D eigenvalue weighted by molar-refractivity contribution is -0.140. The fraction of sp³-hybridized carbons (Fsp3) is 0.448. The van der Waals surface area contributed by atoms with Gasteiger partial charge in [0.2, 0.25) is 0 Å². The van der Waals surface area contributed by atoms with E-state index < -0.39 is 17.7 Å². The molecule has 2 atom stereocenters. The summed E-state index contributed by atoms with van der Waals surface area (Å²) in [6.07, 6.45) is 1.47. The van der Waals surface area contributed by atoms with Crippen molar-refractivity contribution in [1.29, 1.82) is 0 Å². The molecule has 37 heavy (non-hydrogen) atoms. The molecule has 8 heteroatoms. The summed E-state index contributed by atoms with van der Waals surface area (Å²) in [4.78, 5) is 30.5. The molecule has 0 bridgehead atoms. The Labute approximate surface area is 218 Å². The van der Waals surface area contributed by atoms with Gasteiger partial charge in [-0.1, -0.05) is 19.9 Å². The Bertz CT molecular complexity index is 1200. The van der Waals surface area contributed by atoms with E-state index in [1.807, 2.05) is 13.0 Å². The van der Waals surface area contributed by atoms with Gasteiger partial charge in [-0.25, -0.2) is 0 Å². The maximum absolute atomic E-state index is 13.4. The van der Waals surface area contributed by atoms with Crippen molar-refractivity contribution in [3.8, 4) is 17.2 Å². The van der Waals surface area contributed by atoms with Gasteiger partial charge in [0.1, 0.15) is 17.6 Å². The van der Waals surface area contributed by atoms with Gasteiger partial charge >= 0.3 is 0 Å². The molecule has 1 N–H and O–H groups in total. The summed E-state index contributed by atoms with van der Waals surface area (Å²) >= 11 is 0. The van der Waals surface area contributed by atoms with Crippen LogP contribution in [0.15, 0.2) is 42.0 Å². The van der Waals surface area contributed by atoms with Crippen molar-refractivity contribution >= 4 is 17.4 Å². The van der Waals surface area contributed by atoms with Crippen molar-refractivity contribution < 1.29 is 28.9 Å². The van der Waals surface area contributed by atoms with Crippen molar-refractivity contribution in [3.05, 3.63) is 58.7 Å². The van der Waals surface area contributed by atoms with Gasteiger partial charge in [0, 0.05) is 18.5 Å². The van der Waals surface area contributed by atoms with E-state index in [2.05, 4.69) is 18.7 Å². The van der Waals surface area contributed by atoms with Crippen LogP contribution in [0.1, 0.15) is 49.9 Å². The number of rotatable bonds is 10. The molecule has 1 saturated heterocycles. The molecule has 0 spiro atoms. The summed E-state index contributed by atoms with van der Waals surface area (Å²) in [5, 5.41) is 11.4. The van der Waals surface area contributed by atoms with Gasteiger partial charge in [-0.05, 0) is 74.4 Å². The summed E-state index contributed by atoms with van der Waals surface area (Å²) < 4.78 is 16.7. The fourth-order valence-corrected chi connectivity index (χ4v) is 5.21. The highest BCUT2D eigenvalue weighted by atomic mass is 16.5. The first-order valence-electron chi connectivity index (χ1n) is 12.8. The van der Waals surface area contributed by atoms with Crippen LogP contribution in [0.3, 0.4) is 0 Å². The number of ketones is 1. The normalized spacial score (nSPS) is 20.3. The van der Waals surface area contributed by atoms with Gasteiger partial charge in [-0.2, -0.15) is 0 Å². The molecule has 0 aliphatic carbocycles. The molecule has 0 radical (unpaired) electrons. The summed E-state index contributed by atoms with van der Waals surface area (Å²) in [6.45, 7) is 9.19. The number of nitrogens with zero attached hydrogens (tertiary/aromatic N) is 2. The standard InChI is InChI=1S/C29H36N2O6/c1-6-30(7-2)13-8-14-31-26(19-9-12-23(35-4)24(17-19)36-5)25(28(33)29(31)34)27(32)20-10-11-22-21(16-20)15-18(3)37-22/h9-12,16-18,26,32H,6-8,13-15H2,1-5H3/b27-25+/t18-,26-/m0/s1. The fourth-order valence-electron chi connectivity index (χ4n) is 5.21. The second kappa shape index (κ2) is 11.3. The van der Waals surface area contributed by atoms with Crippen molar-refractivity contribution in [1.82, 2.24) is 9.80 Å². The summed E-state index contributed by atoms with van der Waals surface area (Å²) in [5.41, 5.74) is 2.20. The first kappa shape index (κ1) is 26.5. The smallest absolute Gasteiger partial charge is 0.295 e. The van der Waals surface area contributed by atoms with Crippen LogP contribution in [0.5, 0.6) is 17.2 Å². The average molecular weight is 509 g/mol. The van der Waals surface area contributed by atoms with Crippen LogP contribution in [0.4, 0.5) is 0 Å². The Morgan fingerprint density at radius 1 is 1.08 bits per heavy atom. The first-order valence-corrected chi connectivity index (χ1v) is 12.8. The predicted octanol–water partition coefficient (Wildman–Crippen LogP) is 4.18. The number of hydrogen-bond acceptors (Lipinski definition) is 7. The highest BCUT2D eigenvalue weighted by molar-refractivity contribution is 6.46. The number of aliphatic hydroxyl groups excluding tert-OH is 1. The number of hydrogen-bond donors (Lipinski definition) is 1. The zero-order chi connectivity index (χ0) is 26.7. The lowest BCUT2D eigenvalue weighted by Gasteiger charge is -2.27. The van der Waals surface area contributed by atoms with E-state index >= 15 is 0 Å². The predicted molar refractivity (Wildman–Crippen MR) is 141 cm³/mol. The monoisotopic (exact) mass is 508 g/mol. The van der Waals surface area contributed by atoms with Crippen molar-refractivity contribution in [3.63, 3.8) is 0 Å². The van der Waals surface area contributed by atoms with Crippen molar-refractivity contribution in [2.45, 2.75) is 45.8 Å². The van der Waals surface area contributed by atoms with Crippen LogP contribution >= 0.6 is 0 Å². The molecule has 1 amide bonds. The minimum atomic E-state index is -0.750. The molecule has 2 aromatic rings. The van der Waals surface area contributed by atoms with E-state index in [4.69, 9.17) is 14.2 Å². The third kappa shape index (κ3) is 5.16. The van der Waals surface area contributed by atoms with E-state index in [0.717, 1.165) is 37.4 Å². The molecule has 0 aromatic heterocycles. The number of methoxy groups -OCH3 is 2. The molecule has 198 valence electrons. The van der Waals surface area contributed by atoms with Crippen LogP contribution < -0.4 is 14.2 Å². The van der Waals surface area contributed by atoms with Gasteiger partial charge in [-0.15, -0.1) is 0 Å². The van der Waals surface area contributed by atoms with Crippen LogP contribution in [0.2, 0.25) is 0 Å². The number of carbonyl (C=O) groups is 2. The molecule has 0 unspecified atom stereocenters. The van der Waals surface area contributed by atoms with Crippen molar-refractivity contribution in [2.75, 3.05) is 40.4 Å². The number of benzene rings is 2. The lowest BCUT2D eigenvalue weighted by atomic mass is 9.94. The maximum Gasteiger partial charge on any atom is 0.295 e. The zero-order valence-corrected chi connectivity index (χ0v) is 22.2. The number of likely N-dealkylation sites (tertiary alicyclic amines) is 1. The highest BCUT2D eigenvalue weighted by Crippen LogP contribution is 2.42. The summed E-state index contributed by atoms with van der Waals surface area (Å²) in [6, 6.07) is 9.94. The van der Waals surface area contributed by atoms with E-state index in [9.17, 15) is 14.7 Å². The Kier molecular flexibility index (Phi) is 8.07. The van der Waals surface area contributed by atoms with Crippen LogP contribution in [-0.2, 0) is 16.0 Å². The number of aliphatic hydroxyl groups is 1. The van der Waals surface area contributed by atoms with Gasteiger partial charge in [-0.3, -0.25) is 9.59 Å². The maximum atomic E-state index is 13.4. The summed E-state index contributed by atoms with van der Waals surface area (Å²) in [7, 11) is 3.09. The number of fused-ring (bicyclic) bond motifs is 1. The molecular weight excluding hydrogens is 472 g/mol. The van der Waals surface area contributed by atoms with Crippen LogP contribution in [0, 0.1) is 0 Å². The highest BCUT2D eigenvalue weighted by Gasteiger charge is 2.46. The minimum Gasteiger partial charge on any atom is -0.507 e. The molecule has 2 aromatic carbocycles.